The van der Waals surface area contributed by atoms with Crippen LogP contribution >= 0.6 is 0 Å². The maximum absolute atomic E-state index is 12.4. The zero-order valence-electron chi connectivity index (χ0n) is 25.0. The first-order valence-electron chi connectivity index (χ1n) is 15.6. The van der Waals surface area contributed by atoms with E-state index in [-0.39, 0.29) is 28.7 Å². The van der Waals surface area contributed by atoms with Crippen molar-refractivity contribution < 1.29 is 36.6 Å². The minimum atomic E-state index is -0.879. The van der Waals surface area contributed by atoms with Gasteiger partial charge < -0.3 is 19.8 Å². The van der Waals surface area contributed by atoms with Gasteiger partial charge in [-0.05, 0) is 12.1 Å². The van der Waals surface area contributed by atoms with E-state index >= 15 is 0 Å². The zero-order valence-corrected chi connectivity index (χ0v) is 27.9. The number of rotatable bonds is 13. The summed E-state index contributed by atoms with van der Waals surface area (Å²) in [4.78, 5) is 40.7. The molecule has 3 fully saturated rings. The number of benzene rings is 2. The van der Waals surface area contributed by atoms with Crippen LogP contribution in [0.2, 0.25) is 5.02 Å². The van der Waals surface area contributed by atoms with Crippen molar-refractivity contribution in [1.82, 2.24) is 14.7 Å². The zero-order chi connectivity index (χ0) is 29.7. The van der Waals surface area contributed by atoms with Gasteiger partial charge in [0.05, 0.1) is 11.3 Å². The fourth-order valence-electron chi connectivity index (χ4n) is 4.96. The number of Topliss-reactive ketones (excluding diaryl/α,β-unsaturated/α-hetero) is 1. The Morgan fingerprint density at radius 3 is 1.76 bits per heavy atom. The van der Waals surface area contributed by atoms with Gasteiger partial charge in [-0.25, -0.2) is 4.79 Å². The number of carbonyl (C=O) groups excluding carboxylic acids is 2. The van der Waals surface area contributed by atoms with E-state index in [0.29, 0.717) is 22.7 Å². The Morgan fingerprint density at radius 2 is 1.24 bits per heavy atom. The molecule has 0 aromatic heterocycles. The number of unbranched alkanes of at least 4 members (excludes halogenated alkanes) is 6. The molecule has 4 aliphatic rings. The van der Waals surface area contributed by atoms with E-state index in [0.717, 1.165) is 39.3 Å². The first-order valence-corrected chi connectivity index (χ1v) is 19.2. The van der Waals surface area contributed by atoms with E-state index < -0.39 is 5.97 Å². The molecule has 0 unspecified atom stereocenters. The summed E-state index contributed by atoms with van der Waals surface area (Å²) in [6.45, 7) is 7.69. The summed E-state index contributed by atoms with van der Waals surface area (Å²) in [5.74, 6) is -0.831. The van der Waals surface area contributed by atoms with Crippen molar-refractivity contribution in [3.8, 4) is 0 Å². The van der Waals surface area contributed by atoms with Crippen molar-refractivity contribution in [2.75, 3.05) is 39.3 Å². The Morgan fingerprint density at radius 1 is 0.714 bits per heavy atom. The second-order valence-electron chi connectivity index (χ2n) is 11.3. The minimum absolute atomic E-state index is 0.00546. The summed E-state index contributed by atoms with van der Waals surface area (Å²) in [5, 5.41) is 9.93. The summed E-state index contributed by atoms with van der Waals surface area (Å²) in [5.41, 5.74) is 2.22. The molecule has 0 saturated carbocycles. The maximum Gasteiger partial charge on any atom is 0.335 e. The van der Waals surface area contributed by atoms with Crippen LogP contribution in [0.1, 0.15) is 62.2 Å². The van der Waals surface area contributed by atoms with E-state index in [1.54, 1.807) is 39.5 Å². The molecule has 0 spiro atoms. The van der Waals surface area contributed by atoms with Crippen molar-refractivity contribution in [1.29, 1.82) is 0 Å². The maximum atomic E-state index is 12.4. The van der Waals surface area contributed by atoms with Crippen LogP contribution in [0.3, 0.4) is 0 Å². The topological polar surface area (TPSA) is 80.5 Å². The second-order valence-corrected chi connectivity index (χ2v) is 15.5. The molecule has 42 heavy (non-hydrogen) atoms. The molecule has 0 radical (unpaired) electrons. The van der Waals surface area contributed by atoms with Gasteiger partial charge in [0, 0.05) is 45.3 Å². The molecule has 8 heteroatoms. The Labute approximate surface area is 257 Å². The normalized spacial score (nSPS) is 16.5. The van der Waals surface area contributed by atoms with E-state index in [9.17, 15) is 14.4 Å². The molecule has 1 aliphatic carbocycles. The quantitative estimate of drug-likeness (QED) is 0.144. The van der Waals surface area contributed by atoms with Gasteiger partial charge in [0.15, 0.2) is 0 Å². The number of allylic oxidation sites excluding steroid dienone is 1. The number of hydrogen-bond donors (Lipinski definition) is 1. The fourth-order valence-corrected chi connectivity index (χ4v) is 8.36. The summed E-state index contributed by atoms with van der Waals surface area (Å²) in [6, 6.07) is 19.4. The number of hydrogen-bond acceptors (Lipinski definition) is 6. The number of ketones is 2. The molecule has 0 amide bonds. The Hall–Kier alpha value is -3.25. The molecule has 6 rings (SSSR count). The summed E-state index contributed by atoms with van der Waals surface area (Å²) < 4.78 is 1.68. The van der Waals surface area contributed by atoms with Crippen LogP contribution in [0.4, 0.5) is 0 Å². The Balaban J connectivity index is 0.000000152. The largest absolute Gasteiger partial charge is 0.478 e. The molecule has 1 N–H and O–H groups in total. The van der Waals surface area contributed by atoms with Crippen molar-refractivity contribution >= 4 is 21.7 Å². The van der Waals surface area contributed by atoms with E-state index in [2.05, 4.69) is 37.3 Å². The molecule has 0 bridgehead atoms. The SMILES string of the molecule is CCCCCCCC[CH2][Zn][c]1ccccc1.O=C(O)c1ccccc1.O=C1C=C(N2CC2)C(=O)C(N2CC2)=C1N1CC1. The van der Waals surface area contributed by atoms with Crippen LogP contribution in [0.25, 0.3) is 0 Å². The molecule has 3 aliphatic heterocycles. The molecular weight excluding hydrogens is 580 g/mol. The summed E-state index contributed by atoms with van der Waals surface area (Å²) >= 11 is -0.381. The van der Waals surface area contributed by atoms with Gasteiger partial charge in [-0.15, -0.1) is 0 Å². The monoisotopic (exact) mass is 621 g/mol. The average Bonchev–Trinajstić information content (AvgIpc) is 3.83. The number of carboxylic acids is 1. The molecule has 220 valence electrons. The van der Waals surface area contributed by atoms with Gasteiger partial charge in [-0.1, -0.05) is 18.2 Å². The molecule has 3 saturated heterocycles. The summed E-state index contributed by atoms with van der Waals surface area (Å²) in [6.07, 6.45) is 11.7. The predicted octanol–water partition coefficient (Wildman–Crippen LogP) is 5.13. The van der Waals surface area contributed by atoms with Gasteiger partial charge in [0.25, 0.3) is 0 Å². The molecule has 0 atom stereocenters. The van der Waals surface area contributed by atoms with Gasteiger partial charge in [0.1, 0.15) is 11.4 Å². The average molecular weight is 623 g/mol. The van der Waals surface area contributed by atoms with Crippen LogP contribution in [0.15, 0.2) is 83.8 Å². The van der Waals surface area contributed by atoms with Crippen LogP contribution in [-0.2, 0) is 26.7 Å². The fraction of sp³-hybridized carbons (Fsp3) is 0.441. The molecule has 2 aromatic carbocycles. The second kappa shape index (κ2) is 16.4. The van der Waals surface area contributed by atoms with Gasteiger partial charge in [0.2, 0.25) is 11.6 Å². The van der Waals surface area contributed by atoms with Gasteiger partial charge in [-0.2, -0.15) is 0 Å². The van der Waals surface area contributed by atoms with Crippen molar-refractivity contribution in [2.24, 2.45) is 0 Å². The van der Waals surface area contributed by atoms with E-state index in [1.165, 1.54) is 51.0 Å². The van der Waals surface area contributed by atoms with Crippen molar-refractivity contribution in [2.45, 2.75) is 56.9 Å². The minimum Gasteiger partial charge on any atom is -0.478 e. The standard InChI is InChI=1S/C12H13N3O2.C9H19.C7H6O2.C6H5.Zn/c16-9-7-8(13-1-2-13)12(17)11(15-5-6-15)10(9)14-3-4-14;1-3-5-7-9-8-6-4-2;8-7(9)6-4-2-1-3-5-6;1-2-4-6-5-3-1;/h7H,1-6H2;1,3-9H2,2H3;1-5H,(H,8,9);1-5H;. The smallest absolute Gasteiger partial charge is 0.335 e. The summed E-state index contributed by atoms with van der Waals surface area (Å²) in [7, 11) is 0. The molecule has 3 heterocycles. The number of aromatic carboxylic acids is 1. The third kappa shape index (κ3) is 10.2. The van der Waals surface area contributed by atoms with E-state index in [4.69, 9.17) is 5.11 Å². The molecule has 7 nitrogen and oxygen atoms in total. The Kier molecular flexibility index (Phi) is 12.4. The van der Waals surface area contributed by atoms with Crippen molar-refractivity contribution in [3.63, 3.8) is 0 Å². The molecular formula is C34H43N3O4Zn. The third-order valence-electron chi connectivity index (χ3n) is 7.67. The van der Waals surface area contributed by atoms with Crippen molar-refractivity contribution in [3.05, 3.63) is 89.4 Å². The predicted molar refractivity (Wildman–Crippen MR) is 162 cm³/mol. The van der Waals surface area contributed by atoms with Crippen LogP contribution < -0.4 is 4.16 Å². The van der Waals surface area contributed by atoms with Crippen LogP contribution in [0.5, 0.6) is 0 Å². The van der Waals surface area contributed by atoms with Crippen LogP contribution in [0, 0.1) is 0 Å². The first kappa shape index (κ1) is 31.7. The molecule has 2 aromatic rings. The number of nitrogens with zero attached hydrogens (tertiary/aromatic N) is 3. The Bertz CT molecular complexity index is 1250. The third-order valence-corrected chi connectivity index (χ3v) is 11.7. The van der Waals surface area contributed by atoms with Crippen LogP contribution in [-0.4, -0.2) is 76.6 Å². The van der Waals surface area contributed by atoms with E-state index in [1.807, 2.05) is 14.7 Å². The number of carbonyl (C=O) groups is 3. The van der Waals surface area contributed by atoms with Gasteiger partial charge >= 0.3 is 114 Å². The van der Waals surface area contributed by atoms with Gasteiger partial charge in [-0.3, -0.25) is 9.59 Å². The first-order chi connectivity index (χ1) is 20.5. The number of carboxylic acid groups (broad SMARTS) is 1.